The number of urea groups is 2. The molecular weight excluding hydrogens is 332 g/mol. The van der Waals surface area contributed by atoms with Crippen LogP contribution >= 0.6 is 0 Å². The SMILES string of the molecule is CC(NC1NC(=O)N(C2CCOCC2)C(=O)N1)c1cccc(C2CC2)c1. The molecular formula is C19H26N4O3. The minimum Gasteiger partial charge on any atom is -0.381 e. The first-order valence-corrected chi connectivity index (χ1v) is 9.45. The molecule has 0 spiro atoms. The lowest BCUT2D eigenvalue weighted by atomic mass is 10.0. The fourth-order valence-corrected chi connectivity index (χ4v) is 3.72. The number of nitrogens with one attached hydrogen (secondary N) is 3. The predicted octanol–water partition coefficient (Wildman–Crippen LogP) is 2.41. The molecule has 1 atom stereocenters. The number of benzene rings is 1. The van der Waals surface area contributed by atoms with E-state index in [0.717, 1.165) is 5.56 Å². The van der Waals surface area contributed by atoms with Crippen molar-refractivity contribution < 1.29 is 14.3 Å². The van der Waals surface area contributed by atoms with E-state index < -0.39 is 6.29 Å². The summed E-state index contributed by atoms with van der Waals surface area (Å²) in [5.74, 6) is 0.698. The maximum atomic E-state index is 12.5. The van der Waals surface area contributed by atoms with E-state index in [-0.39, 0.29) is 24.1 Å². The molecule has 0 radical (unpaired) electrons. The third-order valence-corrected chi connectivity index (χ3v) is 5.41. The second-order valence-corrected chi connectivity index (χ2v) is 7.38. The Morgan fingerprint density at radius 1 is 1.12 bits per heavy atom. The van der Waals surface area contributed by atoms with E-state index >= 15 is 0 Å². The molecule has 3 N–H and O–H groups in total. The van der Waals surface area contributed by atoms with E-state index in [9.17, 15) is 9.59 Å². The molecule has 4 amide bonds. The van der Waals surface area contributed by atoms with Gasteiger partial charge in [0.2, 0.25) is 0 Å². The van der Waals surface area contributed by atoms with Crippen molar-refractivity contribution in [1.29, 1.82) is 0 Å². The zero-order valence-corrected chi connectivity index (χ0v) is 15.0. The van der Waals surface area contributed by atoms with Gasteiger partial charge in [0.15, 0.2) is 6.29 Å². The standard InChI is InChI=1S/C19H26N4O3/c1-12(14-3-2-4-15(11-14)13-5-6-13)20-17-21-18(24)23(19(25)22-17)16-7-9-26-10-8-16/h2-4,11-13,16-17,20H,5-10H2,1H3,(H,21,24)(H,22,25). The smallest absolute Gasteiger partial charge is 0.328 e. The van der Waals surface area contributed by atoms with Crippen molar-refractivity contribution in [2.24, 2.45) is 0 Å². The Hall–Kier alpha value is -2.12. The van der Waals surface area contributed by atoms with Gasteiger partial charge >= 0.3 is 12.1 Å². The molecule has 1 aliphatic carbocycles. The van der Waals surface area contributed by atoms with Gasteiger partial charge < -0.3 is 15.4 Å². The van der Waals surface area contributed by atoms with Gasteiger partial charge in [-0.15, -0.1) is 0 Å². The highest BCUT2D eigenvalue weighted by Gasteiger charge is 2.37. The fraction of sp³-hybridized carbons (Fsp3) is 0.579. The number of carbonyl (C=O) groups is 2. The van der Waals surface area contributed by atoms with E-state index in [1.807, 2.05) is 6.92 Å². The minimum absolute atomic E-state index is 0.00827. The number of ether oxygens (including phenoxy) is 1. The van der Waals surface area contributed by atoms with E-state index in [0.29, 0.717) is 32.0 Å². The zero-order chi connectivity index (χ0) is 18.1. The van der Waals surface area contributed by atoms with E-state index in [1.54, 1.807) is 0 Å². The Kier molecular flexibility index (Phi) is 4.82. The molecule has 1 saturated carbocycles. The van der Waals surface area contributed by atoms with Gasteiger partial charge in [0.05, 0.1) is 0 Å². The number of hydrogen-bond acceptors (Lipinski definition) is 4. The number of imide groups is 1. The van der Waals surface area contributed by atoms with Crippen LogP contribution in [0.5, 0.6) is 0 Å². The molecule has 1 aromatic carbocycles. The molecule has 3 fully saturated rings. The van der Waals surface area contributed by atoms with Crippen molar-refractivity contribution in [3.63, 3.8) is 0 Å². The average molecular weight is 358 g/mol. The summed E-state index contributed by atoms with van der Waals surface area (Å²) in [5.41, 5.74) is 2.53. The van der Waals surface area contributed by atoms with Crippen LogP contribution in [0.4, 0.5) is 9.59 Å². The van der Waals surface area contributed by atoms with Gasteiger partial charge in [-0.05, 0) is 49.7 Å². The van der Waals surface area contributed by atoms with Crippen molar-refractivity contribution in [1.82, 2.24) is 20.9 Å². The van der Waals surface area contributed by atoms with E-state index in [2.05, 4.69) is 40.2 Å². The molecule has 1 unspecified atom stereocenters. The molecule has 2 aliphatic heterocycles. The Balaban J connectivity index is 1.38. The average Bonchev–Trinajstić information content (AvgIpc) is 3.47. The molecule has 0 bridgehead atoms. The van der Waals surface area contributed by atoms with Crippen molar-refractivity contribution >= 4 is 12.1 Å². The molecule has 1 aromatic rings. The number of nitrogens with zero attached hydrogens (tertiary/aromatic N) is 1. The Morgan fingerprint density at radius 2 is 1.81 bits per heavy atom. The lowest BCUT2D eigenvalue weighted by Gasteiger charge is -2.39. The summed E-state index contributed by atoms with van der Waals surface area (Å²) in [4.78, 5) is 26.2. The monoisotopic (exact) mass is 358 g/mol. The van der Waals surface area contributed by atoms with Crippen LogP contribution in [0.3, 0.4) is 0 Å². The van der Waals surface area contributed by atoms with Crippen LogP contribution in [0, 0.1) is 0 Å². The largest absolute Gasteiger partial charge is 0.381 e. The maximum Gasteiger partial charge on any atom is 0.328 e. The minimum atomic E-state index is -0.578. The molecule has 7 heteroatoms. The van der Waals surface area contributed by atoms with Crippen molar-refractivity contribution in [2.45, 2.75) is 56.9 Å². The first-order chi connectivity index (χ1) is 12.6. The summed E-state index contributed by atoms with van der Waals surface area (Å²) in [6, 6.07) is 7.75. The van der Waals surface area contributed by atoms with Crippen LogP contribution in [0.2, 0.25) is 0 Å². The molecule has 3 aliphatic rings. The highest BCUT2D eigenvalue weighted by atomic mass is 16.5. The Morgan fingerprint density at radius 3 is 2.46 bits per heavy atom. The van der Waals surface area contributed by atoms with Crippen LogP contribution in [-0.4, -0.2) is 42.5 Å². The van der Waals surface area contributed by atoms with E-state index in [1.165, 1.54) is 23.3 Å². The van der Waals surface area contributed by atoms with Crippen molar-refractivity contribution in [3.05, 3.63) is 35.4 Å². The van der Waals surface area contributed by atoms with Gasteiger partial charge in [-0.1, -0.05) is 24.3 Å². The van der Waals surface area contributed by atoms with Gasteiger partial charge in [0, 0.05) is 25.3 Å². The summed E-state index contributed by atoms with van der Waals surface area (Å²) in [6.45, 7) is 3.20. The third kappa shape index (κ3) is 3.68. The summed E-state index contributed by atoms with van der Waals surface area (Å²) in [6.07, 6.45) is 3.32. The van der Waals surface area contributed by atoms with Crippen LogP contribution < -0.4 is 16.0 Å². The van der Waals surface area contributed by atoms with Crippen LogP contribution in [-0.2, 0) is 4.74 Å². The van der Waals surface area contributed by atoms with Gasteiger partial charge in [0.1, 0.15) is 0 Å². The second-order valence-electron chi connectivity index (χ2n) is 7.38. The van der Waals surface area contributed by atoms with Gasteiger partial charge in [0.25, 0.3) is 0 Å². The summed E-state index contributed by atoms with van der Waals surface area (Å²) < 4.78 is 5.31. The first-order valence-electron chi connectivity index (χ1n) is 9.45. The molecule has 26 heavy (non-hydrogen) atoms. The van der Waals surface area contributed by atoms with Crippen LogP contribution in [0.15, 0.2) is 24.3 Å². The number of rotatable bonds is 5. The number of amides is 4. The molecule has 4 rings (SSSR count). The number of carbonyl (C=O) groups excluding carboxylic acids is 2. The third-order valence-electron chi connectivity index (χ3n) is 5.41. The lowest BCUT2D eigenvalue weighted by Crippen LogP contribution is -2.70. The first kappa shape index (κ1) is 17.3. The van der Waals surface area contributed by atoms with Crippen molar-refractivity contribution in [2.75, 3.05) is 13.2 Å². The highest BCUT2D eigenvalue weighted by molar-refractivity contribution is 5.96. The molecule has 140 valence electrons. The summed E-state index contributed by atoms with van der Waals surface area (Å²) in [7, 11) is 0. The fourth-order valence-electron chi connectivity index (χ4n) is 3.72. The normalized spacial score (nSPS) is 23.5. The predicted molar refractivity (Wildman–Crippen MR) is 96.5 cm³/mol. The Labute approximate surface area is 153 Å². The summed E-state index contributed by atoms with van der Waals surface area (Å²) in [5, 5.41) is 8.99. The lowest BCUT2D eigenvalue weighted by molar-refractivity contribution is 0.0492. The zero-order valence-electron chi connectivity index (χ0n) is 15.0. The van der Waals surface area contributed by atoms with Crippen LogP contribution in [0.1, 0.15) is 55.7 Å². The maximum absolute atomic E-state index is 12.5. The molecule has 2 heterocycles. The summed E-state index contributed by atoms with van der Waals surface area (Å²) >= 11 is 0. The highest BCUT2D eigenvalue weighted by Crippen LogP contribution is 2.40. The quantitative estimate of drug-likeness (QED) is 0.755. The van der Waals surface area contributed by atoms with Crippen LogP contribution in [0.25, 0.3) is 0 Å². The number of hydrogen-bond donors (Lipinski definition) is 3. The molecule has 0 aromatic heterocycles. The second kappa shape index (κ2) is 7.25. The molecule has 7 nitrogen and oxygen atoms in total. The van der Waals surface area contributed by atoms with Crippen molar-refractivity contribution in [3.8, 4) is 0 Å². The Bertz CT molecular complexity index is 667. The topological polar surface area (TPSA) is 82.7 Å². The van der Waals surface area contributed by atoms with Gasteiger partial charge in [-0.2, -0.15) is 0 Å². The van der Waals surface area contributed by atoms with Gasteiger partial charge in [-0.25, -0.2) is 14.5 Å². The van der Waals surface area contributed by atoms with Gasteiger partial charge in [-0.3, -0.25) is 5.32 Å². The van der Waals surface area contributed by atoms with E-state index in [4.69, 9.17) is 4.74 Å². The molecule has 2 saturated heterocycles.